The van der Waals surface area contributed by atoms with Crippen LogP contribution in [0.3, 0.4) is 0 Å². The van der Waals surface area contributed by atoms with E-state index in [1.165, 1.54) is 36.4 Å². The fourth-order valence-corrected chi connectivity index (χ4v) is 2.16. The van der Waals surface area contributed by atoms with E-state index in [4.69, 9.17) is 19.7 Å². The predicted octanol–water partition coefficient (Wildman–Crippen LogP) is 4.59. The summed E-state index contributed by atoms with van der Waals surface area (Å²) in [6.45, 7) is 2.56. The summed E-state index contributed by atoms with van der Waals surface area (Å²) in [5, 5.41) is 0. The summed E-state index contributed by atoms with van der Waals surface area (Å²) < 4.78 is 43.0. The van der Waals surface area contributed by atoms with Crippen molar-refractivity contribution in [2.24, 2.45) is 0 Å². The highest BCUT2D eigenvalue weighted by atomic mass is 19.1. The van der Waals surface area contributed by atoms with E-state index in [9.17, 15) is 8.78 Å². The van der Waals surface area contributed by atoms with Crippen LogP contribution < -0.4 is 15.0 Å². The molecule has 0 aliphatic carbocycles. The van der Waals surface area contributed by atoms with Gasteiger partial charge in [0.1, 0.15) is 23.1 Å². The van der Waals surface area contributed by atoms with Gasteiger partial charge in [-0.1, -0.05) is 26.2 Å². The molecule has 0 aliphatic heterocycles. The summed E-state index contributed by atoms with van der Waals surface area (Å²) in [5.41, 5.74) is 5.89. The molecule has 0 spiro atoms. The number of rotatable bonds is 10. The minimum Gasteiger partial charge on any atom is -0.501 e. The van der Waals surface area contributed by atoms with Crippen LogP contribution in [-0.2, 0) is 4.65 Å². The van der Waals surface area contributed by atoms with Crippen molar-refractivity contribution in [2.45, 2.75) is 32.6 Å². The molecule has 0 saturated heterocycles. The highest BCUT2D eigenvalue weighted by molar-refractivity contribution is 6.38. The van der Waals surface area contributed by atoms with Crippen LogP contribution in [0.1, 0.15) is 32.6 Å². The first-order valence-corrected chi connectivity index (χ1v) is 8.34. The van der Waals surface area contributed by atoms with Crippen LogP contribution in [0.2, 0.25) is 0 Å². The van der Waals surface area contributed by atoms with Gasteiger partial charge < -0.3 is 19.7 Å². The van der Waals surface area contributed by atoms with Crippen LogP contribution in [0.15, 0.2) is 42.5 Å². The maximum Gasteiger partial charge on any atom is 0.788 e. The Morgan fingerprint density at radius 3 is 2.32 bits per heavy atom. The first-order valence-electron chi connectivity index (χ1n) is 8.34. The van der Waals surface area contributed by atoms with Crippen LogP contribution in [0.5, 0.6) is 11.5 Å². The second-order valence-corrected chi connectivity index (χ2v) is 5.59. The zero-order valence-corrected chi connectivity index (χ0v) is 14.2. The second-order valence-electron chi connectivity index (χ2n) is 5.59. The Labute approximate surface area is 147 Å². The lowest BCUT2D eigenvalue weighted by Gasteiger charge is -2.17. The fraction of sp³-hybridized carbons (Fsp3) is 0.333. The number of nitrogen functional groups attached to an aromatic ring is 1. The molecule has 0 radical (unpaired) electrons. The molecule has 0 unspecified atom stereocenters. The SMILES string of the molecule is CCCCCCOB(Oc1ccc(F)cc1)Oc1ccc(F)cc1N. The van der Waals surface area contributed by atoms with Gasteiger partial charge in [0, 0.05) is 12.7 Å². The molecule has 0 heterocycles. The monoisotopic (exact) mass is 349 g/mol. The molecule has 2 aromatic rings. The van der Waals surface area contributed by atoms with Crippen molar-refractivity contribution in [3.05, 3.63) is 54.1 Å². The molecule has 2 rings (SSSR count). The van der Waals surface area contributed by atoms with Gasteiger partial charge in [-0.25, -0.2) is 8.78 Å². The van der Waals surface area contributed by atoms with Gasteiger partial charge in [0.25, 0.3) is 0 Å². The topological polar surface area (TPSA) is 53.7 Å². The van der Waals surface area contributed by atoms with Crippen molar-refractivity contribution < 1.29 is 22.7 Å². The van der Waals surface area contributed by atoms with Crippen molar-refractivity contribution in [1.82, 2.24) is 0 Å². The maximum atomic E-state index is 13.2. The van der Waals surface area contributed by atoms with Crippen molar-refractivity contribution in [1.29, 1.82) is 0 Å². The van der Waals surface area contributed by atoms with Gasteiger partial charge in [-0.15, -0.1) is 0 Å². The Hall–Kier alpha value is -2.28. The summed E-state index contributed by atoms with van der Waals surface area (Å²) >= 11 is 0. The lowest BCUT2D eigenvalue weighted by molar-refractivity contribution is 0.196. The third-order valence-electron chi connectivity index (χ3n) is 3.49. The number of hydrogen-bond acceptors (Lipinski definition) is 4. The first kappa shape index (κ1) is 19.1. The summed E-state index contributed by atoms with van der Waals surface area (Å²) in [7, 11) is -1.07. The van der Waals surface area contributed by atoms with Gasteiger partial charge in [0.15, 0.2) is 0 Å². The summed E-state index contributed by atoms with van der Waals surface area (Å²) in [5.74, 6) is -0.183. The van der Waals surface area contributed by atoms with Gasteiger partial charge in [-0.2, -0.15) is 0 Å². The normalized spacial score (nSPS) is 10.5. The zero-order chi connectivity index (χ0) is 18.1. The van der Waals surface area contributed by atoms with Crippen LogP contribution >= 0.6 is 0 Å². The second kappa shape index (κ2) is 9.88. The van der Waals surface area contributed by atoms with Crippen molar-refractivity contribution in [2.75, 3.05) is 12.3 Å². The third-order valence-corrected chi connectivity index (χ3v) is 3.49. The number of halogens is 2. The Balaban J connectivity index is 2.00. The number of unbranched alkanes of at least 4 members (excludes halogenated alkanes) is 3. The predicted molar refractivity (Wildman–Crippen MR) is 94.3 cm³/mol. The molecule has 134 valence electrons. The van der Waals surface area contributed by atoms with Gasteiger partial charge in [0.2, 0.25) is 0 Å². The number of hydrogen-bond donors (Lipinski definition) is 1. The van der Waals surface area contributed by atoms with E-state index in [2.05, 4.69) is 6.92 Å². The van der Waals surface area contributed by atoms with E-state index in [1.807, 2.05) is 0 Å². The smallest absolute Gasteiger partial charge is 0.501 e. The quantitative estimate of drug-likeness (QED) is 0.387. The molecule has 0 bridgehead atoms. The fourth-order valence-electron chi connectivity index (χ4n) is 2.16. The molecule has 0 amide bonds. The van der Waals surface area contributed by atoms with Crippen LogP contribution in [-0.4, -0.2) is 13.9 Å². The highest BCUT2D eigenvalue weighted by Gasteiger charge is 2.28. The first-order chi connectivity index (χ1) is 12.1. The summed E-state index contributed by atoms with van der Waals surface area (Å²) in [6, 6.07) is 9.31. The van der Waals surface area contributed by atoms with Gasteiger partial charge in [0.05, 0.1) is 5.69 Å². The largest absolute Gasteiger partial charge is 0.788 e. The Morgan fingerprint density at radius 1 is 0.920 bits per heavy atom. The number of anilines is 1. The average Bonchev–Trinajstić information content (AvgIpc) is 2.59. The maximum absolute atomic E-state index is 13.2. The van der Waals surface area contributed by atoms with E-state index >= 15 is 0 Å². The molecule has 0 atom stereocenters. The zero-order valence-electron chi connectivity index (χ0n) is 14.2. The Bertz CT molecular complexity index is 655. The molecule has 2 N–H and O–H groups in total. The molecular formula is C18H22BF2NO3. The lowest BCUT2D eigenvalue weighted by Crippen LogP contribution is -2.34. The average molecular weight is 349 g/mol. The molecule has 0 aliphatic rings. The third kappa shape index (κ3) is 6.62. The number of nitrogens with two attached hydrogens (primary N) is 1. The van der Waals surface area contributed by atoms with Crippen molar-refractivity contribution >= 4 is 13.0 Å². The highest BCUT2D eigenvalue weighted by Crippen LogP contribution is 2.23. The lowest BCUT2D eigenvalue weighted by atomic mass is 10.1. The standard InChI is InChI=1S/C18H22BF2NO3/c1-2-3-4-5-12-23-19(24-16-9-6-14(20)7-10-16)25-18-11-8-15(21)13-17(18)22/h6-11,13H,2-5,12,22H2,1H3. The molecule has 0 aromatic heterocycles. The summed E-state index contributed by atoms with van der Waals surface area (Å²) in [6.07, 6.45) is 4.15. The van der Waals surface area contributed by atoms with Crippen LogP contribution in [0.25, 0.3) is 0 Å². The molecule has 25 heavy (non-hydrogen) atoms. The molecular weight excluding hydrogens is 327 g/mol. The van der Waals surface area contributed by atoms with E-state index < -0.39 is 13.1 Å². The van der Waals surface area contributed by atoms with Crippen LogP contribution in [0.4, 0.5) is 14.5 Å². The Kier molecular flexibility index (Phi) is 7.53. The van der Waals surface area contributed by atoms with Crippen molar-refractivity contribution in [3.63, 3.8) is 0 Å². The number of benzene rings is 2. The molecule has 0 saturated carbocycles. The molecule has 0 fully saturated rings. The van der Waals surface area contributed by atoms with Gasteiger partial charge >= 0.3 is 7.32 Å². The molecule has 2 aromatic carbocycles. The Morgan fingerprint density at radius 2 is 1.64 bits per heavy atom. The minimum atomic E-state index is -1.07. The van der Waals surface area contributed by atoms with E-state index in [-0.39, 0.29) is 17.3 Å². The van der Waals surface area contributed by atoms with E-state index in [1.54, 1.807) is 0 Å². The van der Waals surface area contributed by atoms with Crippen LogP contribution in [0, 0.1) is 11.6 Å². The van der Waals surface area contributed by atoms with E-state index in [0.29, 0.717) is 12.4 Å². The van der Waals surface area contributed by atoms with E-state index in [0.717, 1.165) is 31.7 Å². The summed E-state index contributed by atoms with van der Waals surface area (Å²) in [4.78, 5) is 0. The molecule has 7 heteroatoms. The van der Waals surface area contributed by atoms with Gasteiger partial charge in [-0.05, 0) is 42.8 Å². The van der Waals surface area contributed by atoms with Crippen molar-refractivity contribution in [3.8, 4) is 11.5 Å². The van der Waals surface area contributed by atoms with Gasteiger partial charge in [-0.3, -0.25) is 0 Å². The molecule has 4 nitrogen and oxygen atoms in total. The minimum absolute atomic E-state index is 0.141.